The van der Waals surface area contributed by atoms with E-state index < -0.39 is 11.7 Å². The van der Waals surface area contributed by atoms with Crippen LogP contribution >= 0.6 is 11.6 Å². The molecule has 29 heavy (non-hydrogen) atoms. The first kappa shape index (κ1) is 20.7. The molecule has 1 heterocycles. The molecule has 4 nitrogen and oxygen atoms in total. The molecule has 0 spiro atoms. The topological polar surface area (TPSA) is 65.9 Å². The van der Waals surface area contributed by atoms with Gasteiger partial charge in [0.1, 0.15) is 0 Å². The molecular weight excluding hydrogens is 405 g/mol. The van der Waals surface area contributed by atoms with E-state index in [1.165, 1.54) is 19.2 Å². The van der Waals surface area contributed by atoms with E-state index in [2.05, 4.69) is 15.8 Å². The highest BCUT2D eigenvalue weighted by atomic mass is 35.5. The number of carbonyl (C=O) groups is 1. The molecule has 1 aromatic heterocycles. The van der Waals surface area contributed by atoms with Crippen molar-refractivity contribution in [3.05, 3.63) is 58.1 Å². The van der Waals surface area contributed by atoms with Gasteiger partial charge < -0.3 is 9.72 Å². The Balaban J connectivity index is 2.13. The van der Waals surface area contributed by atoms with Crippen LogP contribution in [0.3, 0.4) is 0 Å². The Morgan fingerprint density at radius 2 is 2.00 bits per heavy atom. The lowest BCUT2D eigenvalue weighted by atomic mass is 9.98. The third-order valence-corrected chi connectivity index (χ3v) is 4.96. The number of hydrogen-bond donors (Lipinski definition) is 1. The molecule has 8 heteroatoms. The summed E-state index contributed by atoms with van der Waals surface area (Å²) in [5.41, 5.74) is 1.76. The third-order valence-electron chi connectivity index (χ3n) is 4.63. The Morgan fingerprint density at radius 3 is 2.66 bits per heavy atom. The molecular formula is C21H16ClF3N2O2. The van der Waals surface area contributed by atoms with Gasteiger partial charge in [0.15, 0.2) is 0 Å². The van der Waals surface area contributed by atoms with E-state index in [4.69, 9.17) is 11.6 Å². The molecule has 0 aliphatic rings. The second-order valence-electron chi connectivity index (χ2n) is 6.47. The van der Waals surface area contributed by atoms with Gasteiger partial charge in [-0.3, -0.25) is 4.79 Å². The Hall–Kier alpha value is -2.98. The second-order valence-corrected chi connectivity index (χ2v) is 6.88. The Morgan fingerprint density at radius 1 is 1.24 bits per heavy atom. The summed E-state index contributed by atoms with van der Waals surface area (Å²) in [6, 6.07) is 10.8. The van der Waals surface area contributed by atoms with Crippen LogP contribution in [0.2, 0.25) is 5.02 Å². The number of nitrogens with one attached hydrogen (secondary N) is 1. The minimum atomic E-state index is -4.59. The minimum Gasteiger partial charge on any atom is -0.469 e. The summed E-state index contributed by atoms with van der Waals surface area (Å²) in [4.78, 5) is 14.6. The van der Waals surface area contributed by atoms with Gasteiger partial charge in [-0.1, -0.05) is 17.7 Å². The number of esters is 1. The van der Waals surface area contributed by atoms with Crippen LogP contribution < -0.4 is 0 Å². The maximum atomic E-state index is 13.3. The molecule has 3 aromatic rings. The van der Waals surface area contributed by atoms with Crippen molar-refractivity contribution in [3.8, 4) is 17.3 Å². The number of aromatic amines is 1. The average molecular weight is 421 g/mol. The number of methoxy groups -OCH3 is 1. The molecule has 0 aliphatic carbocycles. The highest BCUT2D eigenvalue weighted by Gasteiger charge is 2.33. The molecule has 3 rings (SSSR count). The lowest BCUT2D eigenvalue weighted by Gasteiger charge is -2.12. The zero-order valence-electron chi connectivity index (χ0n) is 15.4. The van der Waals surface area contributed by atoms with Gasteiger partial charge in [-0.05, 0) is 54.3 Å². The van der Waals surface area contributed by atoms with Crippen LogP contribution in [0.15, 0.2) is 36.4 Å². The van der Waals surface area contributed by atoms with Gasteiger partial charge in [-0.2, -0.15) is 18.4 Å². The van der Waals surface area contributed by atoms with E-state index in [9.17, 15) is 23.2 Å². The van der Waals surface area contributed by atoms with E-state index in [1.54, 1.807) is 18.2 Å². The smallest absolute Gasteiger partial charge is 0.417 e. The lowest BCUT2D eigenvalue weighted by Crippen LogP contribution is -2.06. The van der Waals surface area contributed by atoms with Crippen molar-refractivity contribution in [1.82, 2.24) is 4.98 Å². The highest BCUT2D eigenvalue weighted by molar-refractivity contribution is 6.31. The minimum absolute atomic E-state index is 0.176. The maximum absolute atomic E-state index is 13.3. The van der Waals surface area contributed by atoms with Crippen LogP contribution in [0.25, 0.3) is 22.2 Å². The van der Waals surface area contributed by atoms with E-state index in [0.29, 0.717) is 35.2 Å². The molecule has 150 valence electrons. The number of nitriles is 1. The molecule has 2 aromatic carbocycles. The molecule has 1 N–H and O–H groups in total. The fourth-order valence-electron chi connectivity index (χ4n) is 3.23. The monoisotopic (exact) mass is 420 g/mol. The SMILES string of the molecule is COC(=O)CCCc1c(-c2ccc(Cl)c(C(F)(F)F)c2)[nH]c2ccc(C#N)cc12. The van der Waals surface area contributed by atoms with E-state index >= 15 is 0 Å². The van der Waals surface area contributed by atoms with Crippen molar-refractivity contribution in [2.75, 3.05) is 7.11 Å². The number of halogens is 4. The predicted molar refractivity (Wildman–Crippen MR) is 103 cm³/mol. The van der Waals surface area contributed by atoms with Crippen molar-refractivity contribution < 1.29 is 22.7 Å². The maximum Gasteiger partial charge on any atom is 0.417 e. The Kier molecular flexibility index (Phi) is 5.85. The van der Waals surface area contributed by atoms with Crippen LogP contribution in [-0.2, 0) is 22.1 Å². The Bertz CT molecular complexity index is 1110. The standard InChI is InChI=1S/C21H16ClF3N2O2/c1-29-19(28)4-2-3-14-15-9-12(11-26)5-8-18(15)27-20(14)13-6-7-17(22)16(10-13)21(23,24)25/h5-10,27H,2-4H2,1H3. The molecule has 0 aliphatic heterocycles. The van der Waals surface area contributed by atoms with Crippen LogP contribution in [-0.4, -0.2) is 18.1 Å². The van der Waals surface area contributed by atoms with Crippen molar-refractivity contribution in [1.29, 1.82) is 5.26 Å². The molecule has 0 saturated carbocycles. The number of H-pyrrole nitrogens is 1. The van der Waals surface area contributed by atoms with Gasteiger partial charge in [0.25, 0.3) is 0 Å². The van der Waals surface area contributed by atoms with E-state index in [1.807, 2.05) is 0 Å². The highest BCUT2D eigenvalue weighted by Crippen LogP contribution is 2.39. The molecule has 0 atom stereocenters. The number of ether oxygens (including phenoxy) is 1. The van der Waals surface area contributed by atoms with Gasteiger partial charge in [-0.15, -0.1) is 0 Å². The van der Waals surface area contributed by atoms with Gasteiger partial charge in [0.2, 0.25) is 0 Å². The number of aryl methyl sites for hydroxylation is 1. The van der Waals surface area contributed by atoms with Crippen LogP contribution in [0.4, 0.5) is 13.2 Å². The molecule has 0 unspecified atom stereocenters. The fourth-order valence-corrected chi connectivity index (χ4v) is 3.46. The number of fused-ring (bicyclic) bond motifs is 1. The summed E-state index contributed by atoms with van der Waals surface area (Å²) in [7, 11) is 1.30. The van der Waals surface area contributed by atoms with Crippen molar-refractivity contribution in [2.24, 2.45) is 0 Å². The largest absolute Gasteiger partial charge is 0.469 e. The van der Waals surface area contributed by atoms with Gasteiger partial charge >= 0.3 is 12.1 Å². The molecule has 0 saturated heterocycles. The number of aromatic nitrogens is 1. The first-order valence-electron chi connectivity index (χ1n) is 8.73. The quantitative estimate of drug-likeness (QED) is 0.524. The first-order valence-corrected chi connectivity index (χ1v) is 9.11. The van der Waals surface area contributed by atoms with Gasteiger partial charge in [0, 0.05) is 23.0 Å². The van der Waals surface area contributed by atoms with Crippen LogP contribution in [0.5, 0.6) is 0 Å². The number of nitrogens with zero attached hydrogens (tertiary/aromatic N) is 1. The zero-order chi connectivity index (χ0) is 21.2. The second kappa shape index (κ2) is 8.18. The molecule has 0 fully saturated rings. The van der Waals surface area contributed by atoms with Crippen molar-refractivity contribution in [3.63, 3.8) is 0 Å². The van der Waals surface area contributed by atoms with Crippen molar-refractivity contribution >= 4 is 28.5 Å². The summed E-state index contributed by atoms with van der Waals surface area (Å²) in [6.45, 7) is 0. The zero-order valence-corrected chi connectivity index (χ0v) is 16.1. The fraction of sp³-hybridized carbons (Fsp3) is 0.238. The van der Waals surface area contributed by atoms with Gasteiger partial charge in [-0.25, -0.2) is 0 Å². The number of carbonyl (C=O) groups excluding carboxylic acids is 1. The van der Waals surface area contributed by atoms with E-state index in [-0.39, 0.29) is 17.4 Å². The summed E-state index contributed by atoms with van der Waals surface area (Å²) in [6.07, 6.45) is -3.54. The summed E-state index contributed by atoms with van der Waals surface area (Å²) in [5.74, 6) is -0.366. The Labute approximate surface area is 169 Å². The normalized spacial score (nSPS) is 11.4. The number of rotatable bonds is 5. The van der Waals surface area contributed by atoms with Crippen LogP contribution in [0, 0.1) is 11.3 Å². The number of hydrogen-bond acceptors (Lipinski definition) is 3. The third kappa shape index (κ3) is 4.38. The molecule has 0 bridgehead atoms. The summed E-state index contributed by atoms with van der Waals surface area (Å²) >= 11 is 5.74. The lowest BCUT2D eigenvalue weighted by molar-refractivity contribution is -0.140. The predicted octanol–water partition coefficient (Wildman–Crippen LogP) is 5.87. The summed E-state index contributed by atoms with van der Waals surface area (Å²) in [5, 5.41) is 9.54. The number of benzene rings is 2. The van der Waals surface area contributed by atoms with Crippen LogP contribution in [0.1, 0.15) is 29.5 Å². The van der Waals surface area contributed by atoms with E-state index in [0.717, 1.165) is 17.0 Å². The molecule has 0 radical (unpaired) electrons. The molecule has 0 amide bonds. The average Bonchev–Trinajstić information content (AvgIpc) is 3.05. The first-order chi connectivity index (χ1) is 13.7. The summed E-state index contributed by atoms with van der Waals surface area (Å²) < 4.78 is 44.5. The van der Waals surface area contributed by atoms with Gasteiger partial charge in [0.05, 0.1) is 29.3 Å². The number of alkyl halides is 3. The van der Waals surface area contributed by atoms with Crippen molar-refractivity contribution in [2.45, 2.75) is 25.4 Å².